The van der Waals surface area contributed by atoms with E-state index >= 15 is 0 Å². The van der Waals surface area contributed by atoms with Gasteiger partial charge in [0.1, 0.15) is 0 Å². The Kier molecular flexibility index (Phi) is 3.27. The summed E-state index contributed by atoms with van der Waals surface area (Å²) in [4.78, 5) is 0. The Morgan fingerprint density at radius 3 is 1.89 bits per heavy atom. The standard InChI is InChI=1S/C12H12.C6H6/c1-2-4-11-8-12(9-5-6-9)7-10(11)3-1;1-2-4-6-5-3-1/h1-4,7,9H,5-6,8H2;1-6H. The van der Waals surface area contributed by atoms with Crippen LogP contribution < -0.4 is 0 Å². The summed E-state index contributed by atoms with van der Waals surface area (Å²) in [6, 6.07) is 20.7. The van der Waals surface area contributed by atoms with Crippen molar-refractivity contribution in [3.05, 3.63) is 77.4 Å². The molecule has 0 amide bonds. The minimum atomic E-state index is 0.942. The van der Waals surface area contributed by atoms with E-state index in [-0.39, 0.29) is 0 Å². The molecule has 0 nitrogen and oxygen atoms in total. The Balaban J connectivity index is 0.000000142. The maximum absolute atomic E-state index is 2.40. The van der Waals surface area contributed by atoms with Crippen LogP contribution >= 0.6 is 0 Å². The summed E-state index contributed by atoms with van der Waals surface area (Å²) in [6.07, 6.45) is 6.48. The van der Waals surface area contributed by atoms with Gasteiger partial charge in [-0.2, -0.15) is 0 Å². The first kappa shape index (κ1) is 11.3. The molecular weight excluding hydrogens is 216 g/mol. The molecule has 2 aliphatic carbocycles. The molecule has 0 bridgehead atoms. The lowest BCUT2D eigenvalue weighted by Gasteiger charge is -1.96. The second-order valence-electron chi connectivity index (χ2n) is 5.02. The third kappa shape index (κ3) is 2.70. The lowest BCUT2D eigenvalue weighted by Crippen LogP contribution is -1.85. The van der Waals surface area contributed by atoms with Crippen LogP contribution in [0.5, 0.6) is 0 Å². The van der Waals surface area contributed by atoms with Gasteiger partial charge in [0, 0.05) is 0 Å². The van der Waals surface area contributed by atoms with Crippen molar-refractivity contribution in [2.45, 2.75) is 19.3 Å². The van der Waals surface area contributed by atoms with Crippen molar-refractivity contribution < 1.29 is 0 Å². The summed E-state index contributed by atoms with van der Waals surface area (Å²) in [7, 11) is 0. The third-order valence-electron chi connectivity index (χ3n) is 3.56. The highest BCUT2D eigenvalue weighted by molar-refractivity contribution is 5.64. The maximum Gasteiger partial charge on any atom is -0.00551 e. The molecule has 0 radical (unpaired) electrons. The molecule has 0 aromatic heterocycles. The number of hydrogen-bond donors (Lipinski definition) is 0. The van der Waals surface area contributed by atoms with Gasteiger partial charge in [-0.1, -0.05) is 72.3 Å². The second-order valence-corrected chi connectivity index (χ2v) is 5.02. The summed E-state index contributed by atoms with van der Waals surface area (Å²) < 4.78 is 0. The van der Waals surface area contributed by atoms with Gasteiger partial charge in [-0.15, -0.1) is 0 Å². The first-order valence-electron chi connectivity index (χ1n) is 6.72. The van der Waals surface area contributed by atoms with E-state index in [9.17, 15) is 0 Å². The Labute approximate surface area is 109 Å². The fourth-order valence-electron chi connectivity index (χ4n) is 2.41. The number of fused-ring (bicyclic) bond motifs is 1. The third-order valence-corrected chi connectivity index (χ3v) is 3.56. The Morgan fingerprint density at radius 2 is 1.33 bits per heavy atom. The van der Waals surface area contributed by atoms with Crippen molar-refractivity contribution in [3.63, 3.8) is 0 Å². The van der Waals surface area contributed by atoms with E-state index < -0.39 is 0 Å². The molecule has 18 heavy (non-hydrogen) atoms. The molecule has 0 atom stereocenters. The average Bonchev–Trinajstić information content (AvgIpc) is 3.21. The summed E-state index contributed by atoms with van der Waals surface area (Å²) in [5, 5.41) is 0. The highest BCUT2D eigenvalue weighted by atomic mass is 14.3. The normalized spacial score (nSPS) is 16.3. The van der Waals surface area contributed by atoms with E-state index in [4.69, 9.17) is 0 Å². The van der Waals surface area contributed by atoms with Crippen molar-refractivity contribution in [1.82, 2.24) is 0 Å². The molecule has 0 heterocycles. The fourth-order valence-corrected chi connectivity index (χ4v) is 2.41. The zero-order chi connectivity index (χ0) is 12.2. The zero-order valence-corrected chi connectivity index (χ0v) is 10.5. The van der Waals surface area contributed by atoms with Crippen molar-refractivity contribution in [2.75, 3.05) is 0 Å². The molecule has 2 aromatic rings. The van der Waals surface area contributed by atoms with Crippen molar-refractivity contribution in [1.29, 1.82) is 0 Å². The molecule has 4 rings (SSSR count). The minimum absolute atomic E-state index is 0.942. The van der Waals surface area contributed by atoms with Gasteiger partial charge in [0.2, 0.25) is 0 Å². The highest BCUT2D eigenvalue weighted by Crippen LogP contribution is 2.42. The van der Waals surface area contributed by atoms with Gasteiger partial charge in [-0.25, -0.2) is 0 Å². The average molecular weight is 234 g/mol. The summed E-state index contributed by atoms with van der Waals surface area (Å²) in [5.41, 5.74) is 4.66. The predicted octanol–water partition coefficient (Wildman–Crippen LogP) is 4.72. The van der Waals surface area contributed by atoms with Crippen LogP contribution in [0.25, 0.3) is 6.08 Å². The largest absolute Gasteiger partial charge is 0.0623 e. The van der Waals surface area contributed by atoms with Gasteiger partial charge in [0.25, 0.3) is 0 Å². The van der Waals surface area contributed by atoms with E-state index in [0.717, 1.165) is 5.92 Å². The summed E-state index contributed by atoms with van der Waals surface area (Å²) >= 11 is 0. The van der Waals surface area contributed by atoms with Crippen LogP contribution in [0.4, 0.5) is 0 Å². The Bertz CT molecular complexity index is 506. The van der Waals surface area contributed by atoms with Crippen molar-refractivity contribution >= 4 is 6.08 Å². The molecule has 2 aromatic carbocycles. The Morgan fingerprint density at radius 1 is 0.722 bits per heavy atom. The molecule has 1 saturated carbocycles. The SMILES string of the molecule is C1=C(C2CC2)Cc2ccccc21.c1ccccc1. The molecule has 0 N–H and O–H groups in total. The van der Waals surface area contributed by atoms with Gasteiger partial charge < -0.3 is 0 Å². The monoisotopic (exact) mass is 234 g/mol. The predicted molar refractivity (Wildman–Crippen MR) is 77.3 cm³/mol. The van der Waals surface area contributed by atoms with Crippen molar-refractivity contribution in [2.24, 2.45) is 5.92 Å². The molecule has 0 aliphatic heterocycles. The summed E-state index contributed by atoms with van der Waals surface area (Å²) in [6.45, 7) is 0. The highest BCUT2D eigenvalue weighted by Gasteiger charge is 2.28. The number of hydrogen-bond acceptors (Lipinski definition) is 0. The lowest BCUT2D eigenvalue weighted by atomic mass is 10.1. The molecule has 2 aliphatic rings. The van der Waals surface area contributed by atoms with Crippen LogP contribution in [0.15, 0.2) is 66.2 Å². The maximum atomic E-state index is 2.40. The van der Waals surface area contributed by atoms with E-state index in [1.54, 1.807) is 5.57 Å². The first-order chi connectivity index (χ1) is 8.93. The van der Waals surface area contributed by atoms with Crippen LogP contribution in [0.1, 0.15) is 24.0 Å². The molecular formula is C18H18. The lowest BCUT2D eigenvalue weighted by molar-refractivity contribution is 0.962. The van der Waals surface area contributed by atoms with Gasteiger partial charge in [0.05, 0.1) is 0 Å². The minimum Gasteiger partial charge on any atom is -0.0623 e. The van der Waals surface area contributed by atoms with Gasteiger partial charge >= 0.3 is 0 Å². The Hall–Kier alpha value is -1.82. The van der Waals surface area contributed by atoms with E-state index in [0.29, 0.717) is 0 Å². The van der Waals surface area contributed by atoms with Gasteiger partial charge in [-0.05, 0) is 36.3 Å². The van der Waals surface area contributed by atoms with Crippen LogP contribution in [-0.4, -0.2) is 0 Å². The van der Waals surface area contributed by atoms with Crippen LogP contribution in [0.2, 0.25) is 0 Å². The van der Waals surface area contributed by atoms with Crippen LogP contribution in [0, 0.1) is 5.92 Å². The number of allylic oxidation sites excluding steroid dienone is 1. The summed E-state index contributed by atoms with van der Waals surface area (Å²) in [5.74, 6) is 0.942. The van der Waals surface area contributed by atoms with E-state index in [1.807, 2.05) is 36.4 Å². The fraction of sp³-hybridized carbons (Fsp3) is 0.222. The van der Waals surface area contributed by atoms with Crippen molar-refractivity contribution in [3.8, 4) is 0 Å². The van der Waals surface area contributed by atoms with Crippen LogP contribution in [-0.2, 0) is 6.42 Å². The quantitative estimate of drug-likeness (QED) is 0.669. The first-order valence-corrected chi connectivity index (χ1v) is 6.72. The number of rotatable bonds is 1. The molecule has 0 heteroatoms. The van der Waals surface area contributed by atoms with Crippen LogP contribution in [0.3, 0.4) is 0 Å². The van der Waals surface area contributed by atoms with E-state index in [2.05, 4.69) is 30.3 Å². The topological polar surface area (TPSA) is 0 Å². The van der Waals surface area contributed by atoms with Gasteiger partial charge in [0.15, 0.2) is 0 Å². The molecule has 90 valence electrons. The molecule has 1 fully saturated rings. The number of benzene rings is 2. The molecule has 0 saturated heterocycles. The second kappa shape index (κ2) is 5.22. The smallest absolute Gasteiger partial charge is 0.00551 e. The molecule has 0 spiro atoms. The van der Waals surface area contributed by atoms with E-state index in [1.165, 1.54) is 30.4 Å². The molecule has 0 unspecified atom stereocenters. The van der Waals surface area contributed by atoms with Gasteiger partial charge in [-0.3, -0.25) is 0 Å². The zero-order valence-electron chi connectivity index (χ0n) is 10.5.